The molecule has 1 heterocycles. The Balaban J connectivity index is 0.00000484. The van der Waals surface area contributed by atoms with E-state index in [0.717, 1.165) is 38.5 Å². The fourth-order valence-electron chi connectivity index (χ4n) is 2.44. The van der Waals surface area contributed by atoms with Crippen LogP contribution in [0.1, 0.15) is 82.2 Å². The molecule has 0 aliphatic heterocycles. The van der Waals surface area contributed by atoms with Crippen LogP contribution >= 0.6 is 0 Å². The van der Waals surface area contributed by atoms with Gasteiger partial charge in [0, 0.05) is 0 Å². The molecule has 4 nitrogen and oxygen atoms in total. The average molecular weight is 332 g/mol. The van der Waals surface area contributed by atoms with Crippen molar-refractivity contribution in [1.29, 1.82) is 0 Å². The molecule has 0 saturated heterocycles. The van der Waals surface area contributed by atoms with Gasteiger partial charge in [-0.2, -0.15) is 0 Å². The number of rotatable bonds is 11. The summed E-state index contributed by atoms with van der Waals surface area (Å²) < 4.78 is 9.92. The monoisotopic (exact) mass is 332 g/mol. The molecule has 1 rings (SSSR count). The van der Waals surface area contributed by atoms with E-state index in [4.69, 9.17) is 9.15 Å². The van der Waals surface area contributed by atoms with Crippen LogP contribution in [-0.2, 0) is 9.53 Å². The molecule has 126 valence electrons. The third-order valence-electron chi connectivity index (χ3n) is 3.81. The van der Waals surface area contributed by atoms with Gasteiger partial charge in [-0.15, -0.1) is 0 Å². The van der Waals surface area contributed by atoms with Crippen molar-refractivity contribution < 1.29 is 18.7 Å². The molecule has 23 heavy (non-hydrogen) atoms. The van der Waals surface area contributed by atoms with E-state index >= 15 is 0 Å². The van der Waals surface area contributed by atoms with E-state index in [1.54, 1.807) is 6.07 Å². The van der Waals surface area contributed by atoms with Crippen LogP contribution in [0.2, 0.25) is 0 Å². The minimum absolute atomic E-state index is 0. The van der Waals surface area contributed by atoms with E-state index in [9.17, 15) is 9.59 Å². The van der Waals surface area contributed by atoms with Crippen LogP contribution in [0.25, 0.3) is 0 Å². The zero-order valence-corrected chi connectivity index (χ0v) is 13.8. The molecule has 1 unspecified atom stereocenters. The molecule has 1 aromatic rings. The van der Waals surface area contributed by atoms with Crippen molar-refractivity contribution in [1.82, 2.24) is 0 Å². The van der Waals surface area contributed by atoms with Gasteiger partial charge in [-0.05, 0) is 25.0 Å². The number of furan rings is 1. The van der Waals surface area contributed by atoms with Crippen LogP contribution in [0.15, 0.2) is 22.8 Å². The van der Waals surface area contributed by atoms with Crippen molar-refractivity contribution in [3.8, 4) is 0 Å². The molecule has 0 fully saturated rings. The molecule has 0 radical (unpaired) electrons. The van der Waals surface area contributed by atoms with Crippen molar-refractivity contribution in [3.63, 3.8) is 0 Å². The first kappa shape index (κ1) is 22.4. The molecule has 0 aliphatic carbocycles. The quantitative estimate of drug-likeness (QED) is 0.259. The molecular formula is C18H29NaO4. The summed E-state index contributed by atoms with van der Waals surface area (Å²) in [5.41, 5.74) is 0. The maximum atomic E-state index is 12.2. The summed E-state index contributed by atoms with van der Waals surface area (Å²) >= 11 is 0. The number of hydrogen-bond acceptors (Lipinski definition) is 4. The van der Waals surface area contributed by atoms with Gasteiger partial charge in [-0.1, -0.05) is 58.8 Å². The van der Waals surface area contributed by atoms with E-state index < -0.39 is 11.9 Å². The Bertz CT molecular complexity index is 428. The summed E-state index contributed by atoms with van der Waals surface area (Å²) in [7, 11) is 0. The molecule has 1 atom stereocenters. The van der Waals surface area contributed by atoms with Crippen molar-refractivity contribution in [3.05, 3.63) is 24.2 Å². The Morgan fingerprint density at radius 1 is 1.04 bits per heavy atom. The zero-order chi connectivity index (χ0) is 16.2. The zero-order valence-electron chi connectivity index (χ0n) is 13.8. The van der Waals surface area contributed by atoms with Gasteiger partial charge in [0.1, 0.15) is 0 Å². The van der Waals surface area contributed by atoms with Gasteiger partial charge < -0.3 is 9.15 Å². The molecular weight excluding hydrogens is 303 g/mol. The molecule has 0 aromatic carbocycles. The third kappa shape index (κ3) is 9.33. The van der Waals surface area contributed by atoms with Gasteiger partial charge in [0.2, 0.25) is 5.76 Å². The summed E-state index contributed by atoms with van der Waals surface area (Å²) in [6, 6.07) is 3.10. The summed E-state index contributed by atoms with van der Waals surface area (Å²) in [6.45, 7) is 4.28. The number of ether oxygens (including phenoxy) is 1. The van der Waals surface area contributed by atoms with Crippen LogP contribution in [0.3, 0.4) is 0 Å². The molecule has 1 aromatic heterocycles. The summed E-state index contributed by atoms with van der Waals surface area (Å²) in [5.74, 6) is -1.21. The summed E-state index contributed by atoms with van der Waals surface area (Å²) in [6.07, 6.45) is 10.8. The van der Waals surface area contributed by atoms with Crippen molar-refractivity contribution in [2.24, 2.45) is 5.92 Å². The normalized spacial score (nSPS) is 11.6. The van der Waals surface area contributed by atoms with Crippen LogP contribution in [0.4, 0.5) is 0 Å². The second-order valence-corrected chi connectivity index (χ2v) is 5.73. The van der Waals surface area contributed by atoms with Gasteiger partial charge in [0.05, 0.1) is 12.2 Å². The summed E-state index contributed by atoms with van der Waals surface area (Å²) in [4.78, 5) is 24.0. The van der Waals surface area contributed by atoms with E-state index in [2.05, 4.69) is 13.8 Å². The molecule has 0 N–H and O–H groups in total. The Labute approximate surface area is 161 Å². The van der Waals surface area contributed by atoms with Crippen LogP contribution in [-0.4, -0.2) is 41.5 Å². The predicted molar refractivity (Wildman–Crippen MR) is 92.7 cm³/mol. The van der Waals surface area contributed by atoms with E-state index in [-0.39, 0.29) is 41.2 Å². The number of unbranched alkanes of at least 4 members (excludes halogenated alkanes) is 5. The molecule has 5 heteroatoms. The Morgan fingerprint density at radius 3 is 2.30 bits per heavy atom. The van der Waals surface area contributed by atoms with Crippen LogP contribution in [0.5, 0.6) is 0 Å². The van der Waals surface area contributed by atoms with E-state index in [1.165, 1.54) is 31.6 Å². The molecule has 0 bridgehead atoms. The topological polar surface area (TPSA) is 56.5 Å². The molecule has 0 amide bonds. The fraction of sp³-hybridized carbons (Fsp3) is 0.667. The minimum atomic E-state index is -0.692. The average Bonchev–Trinajstić information content (AvgIpc) is 3.04. The van der Waals surface area contributed by atoms with Crippen molar-refractivity contribution in [2.45, 2.75) is 71.6 Å². The van der Waals surface area contributed by atoms with Gasteiger partial charge in [-0.3, -0.25) is 4.79 Å². The fourth-order valence-corrected chi connectivity index (χ4v) is 2.44. The first-order chi connectivity index (χ1) is 10.7. The van der Waals surface area contributed by atoms with Gasteiger partial charge in [0.25, 0.3) is 0 Å². The first-order valence-corrected chi connectivity index (χ1v) is 8.48. The van der Waals surface area contributed by atoms with Gasteiger partial charge in [0.15, 0.2) is 0 Å². The first-order valence-electron chi connectivity index (χ1n) is 8.48. The summed E-state index contributed by atoms with van der Waals surface area (Å²) in [5, 5.41) is 0. The molecule has 0 aliphatic rings. The van der Waals surface area contributed by atoms with Crippen molar-refractivity contribution in [2.75, 3.05) is 0 Å². The second kappa shape index (κ2) is 13.8. The van der Waals surface area contributed by atoms with Gasteiger partial charge in [-0.25, -0.2) is 4.79 Å². The van der Waals surface area contributed by atoms with E-state index in [1.807, 2.05) is 0 Å². The second-order valence-electron chi connectivity index (χ2n) is 5.73. The predicted octanol–water partition coefficient (Wildman–Crippen LogP) is 4.48. The third-order valence-corrected chi connectivity index (χ3v) is 3.81. The molecule has 0 saturated carbocycles. The van der Waals surface area contributed by atoms with E-state index in [0.29, 0.717) is 0 Å². The Morgan fingerprint density at radius 2 is 1.70 bits per heavy atom. The van der Waals surface area contributed by atoms with Crippen LogP contribution in [0, 0.1) is 5.92 Å². The maximum absolute atomic E-state index is 12.2. The number of carbonyl (C=O) groups is 2. The number of hydrogen-bond donors (Lipinski definition) is 0. The number of carbonyl (C=O) groups excluding carboxylic acids is 2. The van der Waals surface area contributed by atoms with Crippen LogP contribution < -0.4 is 0 Å². The van der Waals surface area contributed by atoms with Crippen molar-refractivity contribution >= 4 is 41.5 Å². The Hall–Kier alpha value is -0.580. The van der Waals surface area contributed by atoms with Gasteiger partial charge >= 0.3 is 41.5 Å². The standard InChI is InChI=1S/C18H28O4.Na.H/c1-3-5-7-8-9-12-15(11-6-4-2)17(19)22-18(20)16-13-10-14-21-16;;/h10,13-15H,3-9,11-12H2,1-2H3;;. The number of esters is 2. The Kier molecular flexibility index (Phi) is 13.5. The SMILES string of the molecule is CCCCCCCC(CCCC)C(=O)OC(=O)c1ccco1.[NaH]. The molecule has 0 spiro atoms.